The van der Waals surface area contributed by atoms with Crippen molar-refractivity contribution in [1.82, 2.24) is 35.2 Å². The van der Waals surface area contributed by atoms with Crippen molar-refractivity contribution in [2.75, 3.05) is 37.7 Å². The van der Waals surface area contributed by atoms with Crippen LogP contribution in [0.1, 0.15) is 123 Å². The molecular weight excluding hydrogens is 826 g/mol. The third kappa shape index (κ3) is 10.8. The van der Waals surface area contributed by atoms with E-state index in [1.807, 2.05) is 29.3 Å². The highest BCUT2D eigenvalue weighted by molar-refractivity contribution is 6.31. The number of pyridine rings is 1. The fraction of sp³-hybridized carbons (Fsp3) is 0.460. The van der Waals surface area contributed by atoms with E-state index < -0.39 is 0 Å². The van der Waals surface area contributed by atoms with E-state index in [1.165, 1.54) is 43.2 Å². The van der Waals surface area contributed by atoms with Gasteiger partial charge in [0, 0.05) is 93.6 Å². The van der Waals surface area contributed by atoms with Gasteiger partial charge in [-0.05, 0) is 105 Å². The number of ether oxygens (including phenoxy) is 1. The van der Waals surface area contributed by atoms with Gasteiger partial charge < -0.3 is 25.0 Å². The van der Waals surface area contributed by atoms with Gasteiger partial charge in [-0.1, -0.05) is 55.0 Å². The third-order valence-corrected chi connectivity index (χ3v) is 13.4. The van der Waals surface area contributed by atoms with E-state index in [0.717, 1.165) is 136 Å². The Kier molecular flexibility index (Phi) is 14.7. The van der Waals surface area contributed by atoms with Gasteiger partial charge in [0.2, 0.25) is 5.91 Å². The Morgan fingerprint density at radius 3 is 2.52 bits per heavy atom. The maximum absolute atomic E-state index is 12.6. The van der Waals surface area contributed by atoms with Gasteiger partial charge in [-0.15, -0.1) is 10.2 Å². The minimum absolute atomic E-state index is 0.0731. The van der Waals surface area contributed by atoms with E-state index >= 15 is 0 Å². The molecule has 332 valence electrons. The van der Waals surface area contributed by atoms with E-state index in [0.29, 0.717) is 29.8 Å². The van der Waals surface area contributed by atoms with Crippen LogP contribution in [0.25, 0.3) is 22.0 Å². The van der Waals surface area contributed by atoms with Gasteiger partial charge in [0.1, 0.15) is 17.5 Å². The van der Waals surface area contributed by atoms with Crippen LogP contribution in [0.3, 0.4) is 0 Å². The van der Waals surface area contributed by atoms with Gasteiger partial charge in [-0.25, -0.2) is 4.98 Å². The summed E-state index contributed by atoms with van der Waals surface area (Å²) in [5.74, 6) is 8.30. The van der Waals surface area contributed by atoms with Crippen LogP contribution in [-0.2, 0) is 22.5 Å². The van der Waals surface area contributed by atoms with Crippen LogP contribution in [0, 0.1) is 29.1 Å². The number of rotatable bonds is 8. The predicted molar refractivity (Wildman–Crippen MR) is 247 cm³/mol. The molecular formula is C50H56ClN9O4. The van der Waals surface area contributed by atoms with Crippen LogP contribution >= 0.6 is 11.6 Å². The van der Waals surface area contributed by atoms with Gasteiger partial charge in [0.05, 0.1) is 22.3 Å². The first-order chi connectivity index (χ1) is 31.2. The molecule has 64 heavy (non-hydrogen) atoms. The third-order valence-electron chi connectivity index (χ3n) is 13.1. The minimum atomic E-state index is -0.111. The normalized spacial score (nSPS) is 17.1. The molecule has 1 aliphatic carbocycles. The molecule has 2 amide bonds. The topological polar surface area (TPSA) is 162 Å². The van der Waals surface area contributed by atoms with Crippen molar-refractivity contribution in [3.05, 3.63) is 94.0 Å². The Hall–Kier alpha value is -6.02. The first-order valence-corrected chi connectivity index (χ1v) is 23.2. The van der Waals surface area contributed by atoms with Crippen LogP contribution in [0.15, 0.2) is 60.8 Å². The smallest absolute Gasteiger partial charge is 0.272 e. The number of nitrogens with one attached hydrogen (secondary N) is 1. The van der Waals surface area contributed by atoms with Crippen molar-refractivity contribution in [1.29, 1.82) is 5.26 Å². The van der Waals surface area contributed by atoms with Crippen molar-refractivity contribution in [3.63, 3.8) is 0 Å². The number of benzene rings is 2. The lowest BCUT2D eigenvalue weighted by atomic mass is 9.91. The molecule has 3 fully saturated rings. The molecule has 3 aliphatic heterocycles. The molecule has 5 aromatic rings. The molecule has 2 aromatic carbocycles. The zero-order valence-electron chi connectivity index (χ0n) is 36.6. The number of amides is 2. The number of nitrogens with zero attached hydrogens (tertiary/aromatic N) is 8. The Balaban J connectivity index is 0.000000496. The zero-order chi connectivity index (χ0) is 44.4. The average Bonchev–Trinajstić information content (AvgIpc) is 3.71. The monoisotopic (exact) mass is 881 g/mol. The molecule has 0 spiro atoms. The Bertz CT molecular complexity index is 2540. The molecule has 2 N–H and O–H groups in total. The van der Waals surface area contributed by atoms with Crippen LogP contribution in [0.4, 0.5) is 5.82 Å². The van der Waals surface area contributed by atoms with E-state index in [1.54, 1.807) is 6.92 Å². The first-order valence-electron chi connectivity index (χ1n) is 22.8. The van der Waals surface area contributed by atoms with Crippen LogP contribution in [-0.4, -0.2) is 85.7 Å². The molecule has 14 heteroatoms. The summed E-state index contributed by atoms with van der Waals surface area (Å²) in [4.78, 5) is 34.0. The van der Waals surface area contributed by atoms with Crippen molar-refractivity contribution < 1.29 is 19.4 Å². The second kappa shape index (κ2) is 21.1. The standard InChI is InChI=1S/C43H52N8O3.C7H4ClNO/c1-30(52)50-24-19-40-38(29-50)42(48-51(40)35-20-25-54-26-21-35)36-14-8-10-32-27-34(44-28-37(32)36)13-7-2-4-9-31-17-22-49(23-18-31)41-16-15-39(46-47-41)43(53)45-33-11-5-3-6-12-33;8-7-3-6(10)2-1-5(7)4-9/h8,10,14-16,27-28,31,33,35H,2-6,9,11-12,17-26,29H2,1H3,(H,45,53);1-3,10H. The number of nitriles is 1. The molecule has 0 radical (unpaired) electrons. The van der Waals surface area contributed by atoms with E-state index in [2.05, 4.69) is 61.2 Å². The molecule has 13 nitrogen and oxygen atoms in total. The number of anilines is 1. The molecule has 4 aliphatic rings. The lowest BCUT2D eigenvalue weighted by Crippen LogP contribution is -2.37. The number of unbranched alkanes of at least 4 members (excludes halogenated alkanes) is 1. The fourth-order valence-electron chi connectivity index (χ4n) is 9.41. The predicted octanol–water partition coefficient (Wildman–Crippen LogP) is 8.56. The lowest BCUT2D eigenvalue weighted by Gasteiger charge is -2.32. The number of aromatic nitrogens is 5. The molecule has 2 saturated heterocycles. The zero-order valence-corrected chi connectivity index (χ0v) is 37.3. The average molecular weight is 883 g/mol. The maximum atomic E-state index is 12.6. The van der Waals surface area contributed by atoms with Crippen molar-refractivity contribution in [3.8, 4) is 34.9 Å². The highest BCUT2D eigenvalue weighted by Gasteiger charge is 2.31. The van der Waals surface area contributed by atoms with E-state index in [-0.39, 0.29) is 28.6 Å². The number of piperidine rings is 1. The van der Waals surface area contributed by atoms with Crippen LogP contribution in [0.2, 0.25) is 5.02 Å². The summed E-state index contributed by atoms with van der Waals surface area (Å²) in [7, 11) is 0. The first kappa shape index (κ1) is 44.6. The fourth-order valence-corrected chi connectivity index (χ4v) is 9.63. The molecule has 3 aromatic heterocycles. The highest BCUT2D eigenvalue weighted by Crippen LogP contribution is 2.37. The number of carbonyl (C=O) groups excluding carboxylic acids is 2. The Labute approximate surface area is 380 Å². The molecule has 0 atom stereocenters. The van der Waals surface area contributed by atoms with E-state index in [4.69, 9.17) is 36.8 Å². The number of phenols is 1. The van der Waals surface area contributed by atoms with Crippen molar-refractivity contribution in [2.24, 2.45) is 5.92 Å². The van der Waals surface area contributed by atoms with Crippen LogP contribution in [0.5, 0.6) is 5.75 Å². The molecule has 6 heterocycles. The summed E-state index contributed by atoms with van der Waals surface area (Å²) in [6.45, 7) is 6.38. The second-order valence-corrected chi connectivity index (χ2v) is 17.7. The van der Waals surface area contributed by atoms with E-state index in [9.17, 15) is 9.59 Å². The number of hydrogen-bond donors (Lipinski definition) is 2. The van der Waals surface area contributed by atoms with Gasteiger partial charge in [0.15, 0.2) is 11.5 Å². The van der Waals surface area contributed by atoms with Crippen molar-refractivity contribution in [2.45, 2.75) is 109 Å². The summed E-state index contributed by atoms with van der Waals surface area (Å²) in [6, 6.07) is 18.9. The number of aromatic hydroxyl groups is 1. The Morgan fingerprint density at radius 1 is 0.969 bits per heavy atom. The summed E-state index contributed by atoms with van der Waals surface area (Å²) in [5.41, 5.74) is 5.98. The van der Waals surface area contributed by atoms with Gasteiger partial charge in [-0.2, -0.15) is 10.4 Å². The summed E-state index contributed by atoms with van der Waals surface area (Å²) in [6.07, 6.45) is 15.7. The maximum Gasteiger partial charge on any atom is 0.272 e. The largest absolute Gasteiger partial charge is 0.508 e. The number of hydrogen-bond acceptors (Lipinski definition) is 10. The number of halogens is 1. The van der Waals surface area contributed by atoms with Gasteiger partial charge in [0.25, 0.3) is 5.91 Å². The summed E-state index contributed by atoms with van der Waals surface area (Å²) < 4.78 is 7.90. The number of phenolic OH excluding ortho intramolecular Hbond substituents is 1. The summed E-state index contributed by atoms with van der Waals surface area (Å²) in [5, 5.41) is 36.7. The number of fused-ring (bicyclic) bond motifs is 2. The quantitative estimate of drug-likeness (QED) is 0.114. The molecule has 1 saturated carbocycles. The van der Waals surface area contributed by atoms with Gasteiger partial charge >= 0.3 is 0 Å². The van der Waals surface area contributed by atoms with Gasteiger partial charge in [-0.3, -0.25) is 14.3 Å². The van der Waals surface area contributed by atoms with Crippen molar-refractivity contribution >= 4 is 40.0 Å². The Morgan fingerprint density at radius 2 is 1.78 bits per heavy atom. The summed E-state index contributed by atoms with van der Waals surface area (Å²) >= 11 is 5.55. The number of carbonyl (C=O) groups is 2. The SMILES string of the molecule is CC(=O)N1CCc2c(c(-c3cccc4cc(C#CCCCC5CCN(c6ccc(C(=O)NC7CCCCC7)nn6)CC5)ncc34)nn2C2CCOCC2)C1.N#Cc1ccc(O)cc1Cl. The molecule has 9 rings (SSSR count). The highest BCUT2D eigenvalue weighted by atomic mass is 35.5. The lowest BCUT2D eigenvalue weighted by molar-refractivity contribution is -0.129. The molecule has 0 bridgehead atoms. The second-order valence-electron chi connectivity index (χ2n) is 17.3. The minimum Gasteiger partial charge on any atom is -0.508 e. The molecule has 0 unspecified atom stereocenters. The van der Waals surface area contributed by atoms with Crippen LogP contribution < -0.4 is 10.2 Å².